The van der Waals surface area contributed by atoms with Gasteiger partial charge in [0.1, 0.15) is 17.2 Å². The normalized spacial score (nSPS) is 17.2. The van der Waals surface area contributed by atoms with Gasteiger partial charge in [-0.05, 0) is 45.4 Å². The molecule has 2 aromatic rings. The van der Waals surface area contributed by atoms with Gasteiger partial charge in [-0.3, -0.25) is 0 Å². The number of anilines is 1. The largest absolute Gasteiger partial charge is 0.507 e. The van der Waals surface area contributed by atoms with Crippen LogP contribution in [0.3, 0.4) is 0 Å². The molecule has 0 spiro atoms. The number of amides is 1. The summed E-state index contributed by atoms with van der Waals surface area (Å²) in [5.41, 5.74) is 0.0833. The fourth-order valence-corrected chi connectivity index (χ4v) is 2.81. The van der Waals surface area contributed by atoms with Crippen LogP contribution < -0.4 is 5.32 Å². The Morgan fingerprint density at radius 2 is 2.08 bits per heavy atom. The van der Waals surface area contributed by atoms with E-state index in [0.717, 1.165) is 6.42 Å². The number of carbonyl (C=O) groups is 1. The fourth-order valence-electron chi connectivity index (χ4n) is 2.81. The number of para-hydroxylation sites is 1. The predicted octanol–water partition coefficient (Wildman–Crippen LogP) is 3.27. The van der Waals surface area contributed by atoms with Gasteiger partial charge >= 0.3 is 6.09 Å². The zero-order valence-corrected chi connectivity index (χ0v) is 15.3. The van der Waals surface area contributed by atoms with E-state index in [1.54, 1.807) is 35.4 Å². The third-order valence-corrected chi connectivity index (χ3v) is 3.99. The molecule has 0 bridgehead atoms. The first-order valence-electron chi connectivity index (χ1n) is 8.68. The molecule has 7 nitrogen and oxygen atoms in total. The van der Waals surface area contributed by atoms with Gasteiger partial charge in [0.25, 0.3) is 0 Å². The van der Waals surface area contributed by atoms with Crippen LogP contribution in [0, 0.1) is 0 Å². The molecule has 0 aliphatic carbocycles. The Bertz CT molecular complexity index is 788. The molecular formula is C19H24N4O3. The number of ether oxygens (including phenoxy) is 1. The Balaban J connectivity index is 1.65. The zero-order valence-electron chi connectivity index (χ0n) is 15.3. The third kappa shape index (κ3) is 4.41. The maximum atomic E-state index is 12.2. The van der Waals surface area contributed by atoms with Gasteiger partial charge in [0.15, 0.2) is 5.82 Å². The number of carbonyl (C=O) groups excluding carboxylic acids is 1. The van der Waals surface area contributed by atoms with E-state index in [9.17, 15) is 9.90 Å². The smallest absolute Gasteiger partial charge is 0.410 e. The monoisotopic (exact) mass is 356 g/mol. The quantitative estimate of drug-likeness (QED) is 0.878. The molecule has 1 fully saturated rings. The Hall–Kier alpha value is -2.83. The molecule has 3 rings (SSSR count). The standard InChI is InChI=1S/C19H24N4O3/c1-19(2,3)26-18(25)23-11-9-13(12-23)21-16-8-10-20-17(22-16)14-6-4-5-7-15(14)24/h4-8,10,13,24H,9,11-12H2,1-3H3,(H,20,21,22)/t13-/m0/s1. The first kappa shape index (κ1) is 18.0. The van der Waals surface area contributed by atoms with Gasteiger partial charge in [-0.1, -0.05) is 12.1 Å². The second kappa shape index (κ2) is 7.19. The van der Waals surface area contributed by atoms with Crippen molar-refractivity contribution in [3.63, 3.8) is 0 Å². The molecule has 1 aromatic carbocycles. The van der Waals surface area contributed by atoms with E-state index in [1.807, 2.05) is 26.8 Å². The van der Waals surface area contributed by atoms with Crippen molar-refractivity contribution in [1.29, 1.82) is 0 Å². The predicted molar refractivity (Wildman–Crippen MR) is 99.0 cm³/mol. The molecule has 1 atom stereocenters. The Morgan fingerprint density at radius 1 is 1.31 bits per heavy atom. The van der Waals surface area contributed by atoms with Crippen LogP contribution in [0.5, 0.6) is 5.75 Å². The molecule has 7 heteroatoms. The van der Waals surface area contributed by atoms with Gasteiger partial charge in [-0.2, -0.15) is 0 Å². The molecule has 1 aromatic heterocycles. The Kier molecular flexibility index (Phi) is 4.97. The maximum absolute atomic E-state index is 12.2. The molecule has 1 aliphatic rings. The van der Waals surface area contributed by atoms with Gasteiger partial charge in [0, 0.05) is 25.3 Å². The van der Waals surface area contributed by atoms with Gasteiger partial charge in [0.05, 0.1) is 5.56 Å². The lowest BCUT2D eigenvalue weighted by Gasteiger charge is -2.24. The highest BCUT2D eigenvalue weighted by Gasteiger charge is 2.29. The number of phenolic OH excluding ortho intramolecular Hbond substituents is 1. The zero-order chi connectivity index (χ0) is 18.7. The van der Waals surface area contributed by atoms with E-state index < -0.39 is 5.60 Å². The van der Waals surface area contributed by atoms with Crippen molar-refractivity contribution in [2.45, 2.75) is 38.8 Å². The lowest BCUT2D eigenvalue weighted by atomic mass is 10.2. The molecule has 26 heavy (non-hydrogen) atoms. The number of nitrogens with one attached hydrogen (secondary N) is 1. The molecule has 0 radical (unpaired) electrons. The molecule has 2 heterocycles. The van der Waals surface area contributed by atoms with Crippen molar-refractivity contribution >= 4 is 11.9 Å². The average molecular weight is 356 g/mol. The van der Waals surface area contributed by atoms with Gasteiger partial charge < -0.3 is 20.1 Å². The van der Waals surface area contributed by atoms with Crippen LogP contribution in [0.1, 0.15) is 27.2 Å². The molecule has 1 saturated heterocycles. The number of rotatable bonds is 3. The second-order valence-corrected chi connectivity index (χ2v) is 7.34. The van der Waals surface area contributed by atoms with Crippen LogP contribution in [-0.4, -0.2) is 50.8 Å². The summed E-state index contributed by atoms with van der Waals surface area (Å²) in [7, 11) is 0. The second-order valence-electron chi connectivity index (χ2n) is 7.34. The molecule has 0 unspecified atom stereocenters. The van der Waals surface area contributed by atoms with E-state index in [2.05, 4.69) is 15.3 Å². The number of phenols is 1. The summed E-state index contributed by atoms with van der Waals surface area (Å²) in [5, 5.41) is 13.3. The van der Waals surface area contributed by atoms with E-state index in [0.29, 0.717) is 30.3 Å². The first-order chi connectivity index (χ1) is 12.3. The van der Waals surface area contributed by atoms with Crippen molar-refractivity contribution in [2.75, 3.05) is 18.4 Å². The Labute approximate surface area is 153 Å². The number of benzene rings is 1. The molecule has 138 valence electrons. The highest BCUT2D eigenvalue weighted by atomic mass is 16.6. The van der Waals surface area contributed by atoms with Gasteiger partial charge in [-0.25, -0.2) is 14.8 Å². The molecule has 1 amide bonds. The van der Waals surface area contributed by atoms with Crippen molar-refractivity contribution < 1.29 is 14.6 Å². The van der Waals surface area contributed by atoms with Crippen molar-refractivity contribution in [3.8, 4) is 17.1 Å². The van der Waals surface area contributed by atoms with Gasteiger partial charge in [-0.15, -0.1) is 0 Å². The van der Waals surface area contributed by atoms with Crippen molar-refractivity contribution in [2.24, 2.45) is 0 Å². The molecule has 0 saturated carbocycles. The molecular weight excluding hydrogens is 332 g/mol. The molecule has 1 aliphatic heterocycles. The number of likely N-dealkylation sites (tertiary alicyclic amines) is 1. The highest BCUT2D eigenvalue weighted by Crippen LogP contribution is 2.26. The first-order valence-corrected chi connectivity index (χ1v) is 8.68. The number of aromatic nitrogens is 2. The SMILES string of the molecule is CC(C)(C)OC(=O)N1CC[C@H](Nc2ccnc(-c3ccccc3O)n2)C1. The summed E-state index contributed by atoms with van der Waals surface area (Å²) in [6, 6.07) is 8.83. The maximum Gasteiger partial charge on any atom is 0.410 e. The topological polar surface area (TPSA) is 87.6 Å². The third-order valence-electron chi connectivity index (χ3n) is 3.99. The molecule has 2 N–H and O–H groups in total. The van der Waals surface area contributed by atoms with E-state index in [1.165, 1.54) is 0 Å². The number of nitrogens with zero attached hydrogens (tertiary/aromatic N) is 3. The Morgan fingerprint density at radius 3 is 2.81 bits per heavy atom. The average Bonchev–Trinajstić information content (AvgIpc) is 3.03. The van der Waals surface area contributed by atoms with E-state index in [-0.39, 0.29) is 17.9 Å². The summed E-state index contributed by atoms with van der Waals surface area (Å²) in [6.45, 7) is 6.78. The summed E-state index contributed by atoms with van der Waals surface area (Å²) < 4.78 is 5.42. The van der Waals surface area contributed by atoms with Crippen LogP contribution in [0.25, 0.3) is 11.4 Å². The van der Waals surface area contributed by atoms with Crippen LogP contribution in [0.2, 0.25) is 0 Å². The van der Waals surface area contributed by atoms with Crippen LogP contribution >= 0.6 is 0 Å². The van der Waals surface area contributed by atoms with E-state index >= 15 is 0 Å². The minimum atomic E-state index is -0.498. The van der Waals surface area contributed by atoms with Gasteiger partial charge in [0.2, 0.25) is 0 Å². The fraction of sp³-hybridized carbons (Fsp3) is 0.421. The summed E-state index contributed by atoms with van der Waals surface area (Å²) in [4.78, 5) is 22.6. The minimum Gasteiger partial charge on any atom is -0.507 e. The highest BCUT2D eigenvalue weighted by molar-refractivity contribution is 5.69. The number of hydrogen-bond acceptors (Lipinski definition) is 6. The van der Waals surface area contributed by atoms with Crippen molar-refractivity contribution in [1.82, 2.24) is 14.9 Å². The van der Waals surface area contributed by atoms with Crippen LogP contribution in [-0.2, 0) is 4.74 Å². The number of aromatic hydroxyl groups is 1. The minimum absolute atomic E-state index is 0.0923. The van der Waals surface area contributed by atoms with E-state index in [4.69, 9.17) is 4.74 Å². The summed E-state index contributed by atoms with van der Waals surface area (Å²) in [6.07, 6.45) is 2.17. The lowest BCUT2D eigenvalue weighted by Crippen LogP contribution is -2.36. The summed E-state index contributed by atoms with van der Waals surface area (Å²) >= 11 is 0. The van der Waals surface area contributed by atoms with Crippen molar-refractivity contribution in [3.05, 3.63) is 36.5 Å². The summed E-state index contributed by atoms with van der Waals surface area (Å²) in [5.74, 6) is 1.26. The lowest BCUT2D eigenvalue weighted by molar-refractivity contribution is 0.0293. The van der Waals surface area contributed by atoms with Crippen LogP contribution in [0.4, 0.5) is 10.6 Å². The number of hydrogen-bond donors (Lipinski definition) is 2. The van der Waals surface area contributed by atoms with Crippen LogP contribution in [0.15, 0.2) is 36.5 Å².